The van der Waals surface area contributed by atoms with Gasteiger partial charge < -0.3 is 10.6 Å². The minimum atomic E-state index is -0.308. The summed E-state index contributed by atoms with van der Waals surface area (Å²) >= 11 is 0. The minimum absolute atomic E-state index is 0.00650. The van der Waals surface area contributed by atoms with Crippen LogP contribution in [0.4, 0.5) is 4.39 Å². The van der Waals surface area contributed by atoms with Crippen molar-refractivity contribution >= 4 is 11.8 Å². The van der Waals surface area contributed by atoms with Crippen molar-refractivity contribution in [3.05, 3.63) is 83.4 Å². The summed E-state index contributed by atoms with van der Waals surface area (Å²) in [6, 6.07) is 12.9. The number of aromatic nitrogens is 2. The van der Waals surface area contributed by atoms with Gasteiger partial charge in [-0.3, -0.25) is 9.59 Å². The number of nitrogens with one attached hydrogen (secondary N) is 2. The zero-order valence-electron chi connectivity index (χ0n) is 17.2. The highest BCUT2D eigenvalue weighted by Gasteiger charge is 2.12. The average molecular weight is 408 g/mol. The van der Waals surface area contributed by atoms with Crippen LogP contribution in [-0.2, 0) is 11.3 Å². The van der Waals surface area contributed by atoms with Gasteiger partial charge in [-0.15, -0.1) is 0 Å². The van der Waals surface area contributed by atoms with Gasteiger partial charge in [0.2, 0.25) is 5.91 Å². The molecule has 2 amide bonds. The van der Waals surface area contributed by atoms with Gasteiger partial charge in [-0.2, -0.15) is 5.10 Å². The molecule has 30 heavy (non-hydrogen) atoms. The lowest BCUT2D eigenvalue weighted by Gasteiger charge is -2.14. The Balaban J connectivity index is 1.61. The van der Waals surface area contributed by atoms with E-state index in [4.69, 9.17) is 0 Å². The molecule has 1 atom stereocenters. The number of benzene rings is 2. The highest BCUT2D eigenvalue weighted by atomic mass is 19.1. The van der Waals surface area contributed by atoms with E-state index in [0.29, 0.717) is 12.1 Å². The standard InChI is InChI=1S/C23H25FN4O2/c1-15(2)22(29)25-12-17-13-26-28(14-17)21-10-6-19(7-11-21)23(30)27-16(3)18-4-8-20(24)9-5-18/h4-11,13-16H,12H2,1-3H3,(H,25,29)(H,27,30)/t16-/m0/s1. The van der Waals surface area contributed by atoms with Gasteiger partial charge in [0.1, 0.15) is 5.82 Å². The Hall–Kier alpha value is -3.48. The Morgan fingerprint density at radius 3 is 2.33 bits per heavy atom. The molecule has 0 fully saturated rings. The van der Waals surface area contributed by atoms with Crippen LogP contribution in [0.2, 0.25) is 0 Å². The van der Waals surface area contributed by atoms with Gasteiger partial charge in [0.05, 0.1) is 17.9 Å². The lowest BCUT2D eigenvalue weighted by atomic mass is 10.1. The highest BCUT2D eigenvalue weighted by molar-refractivity contribution is 5.94. The molecule has 0 spiro atoms. The van der Waals surface area contributed by atoms with Gasteiger partial charge in [0, 0.05) is 29.8 Å². The second kappa shape index (κ2) is 9.35. The molecule has 0 saturated heterocycles. The lowest BCUT2D eigenvalue weighted by Crippen LogP contribution is -2.26. The van der Waals surface area contributed by atoms with Gasteiger partial charge in [0.15, 0.2) is 0 Å². The molecule has 3 aromatic rings. The molecule has 0 saturated carbocycles. The summed E-state index contributed by atoms with van der Waals surface area (Å²) in [6.45, 7) is 5.95. The molecule has 7 heteroatoms. The molecule has 156 valence electrons. The Kier molecular flexibility index (Phi) is 6.61. The van der Waals surface area contributed by atoms with Gasteiger partial charge in [-0.05, 0) is 48.9 Å². The fourth-order valence-electron chi connectivity index (χ4n) is 2.87. The van der Waals surface area contributed by atoms with Crippen LogP contribution in [0.3, 0.4) is 0 Å². The maximum Gasteiger partial charge on any atom is 0.251 e. The molecule has 0 aliphatic rings. The molecule has 2 aromatic carbocycles. The number of nitrogens with zero attached hydrogens (tertiary/aromatic N) is 2. The molecule has 0 unspecified atom stereocenters. The van der Waals surface area contributed by atoms with E-state index in [1.165, 1.54) is 12.1 Å². The molecular formula is C23H25FN4O2. The number of hydrogen-bond donors (Lipinski definition) is 2. The normalized spacial score (nSPS) is 11.9. The monoisotopic (exact) mass is 408 g/mol. The zero-order chi connectivity index (χ0) is 21.7. The van der Waals surface area contributed by atoms with Crippen LogP contribution in [0.1, 0.15) is 48.3 Å². The maximum absolute atomic E-state index is 13.1. The average Bonchev–Trinajstić information content (AvgIpc) is 3.21. The van der Waals surface area contributed by atoms with Crippen LogP contribution in [0, 0.1) is 11.7 Å². The fraction of sp³-hybridized carbons (Fsp3) is 0.261. The third-order valence-electron chi connectivity index (χ3n) is 4.74. The molecule has 0 aliphatic carbocycles. The van der Waals surface area contributed by atoms with Gasteiger partial charge in [-0.25, -0.2) is 9.07 Å². The van der Waals surface area contributed by atoms with E-state index in [1.807, 2.05) is 27.0 Å². The topological polar surface area (TPSA) is 76.0 Å². The number of rotatable bonds is 7. The van der Waals surface area contributed by atoms with Crippen molar-refractivity contribution in [1.82, 2.24) is 20.4 Å². The Labute approximate surface area is 175 Å². The molecule has 6 nitrogen and oxygen atoms in total. The first kappa shape index (κ1) is 21.2. The fourth-order valence-corrected chi connectivity index (χ4v) is 2.87. The number of carbonyl (C=O) groups excluding carboxylic acids is 2. The first-order valence-electron chi connectivity index (χ1n) is 9.81. The van der Waals surface area contributed by atoms with Crippen LogP contribution in [0.5, 0.6) is 0 Å². The van der Waals surface area contributed by atoms with Crippen LogP contribution < -0.4 is 10.6 Å². The van der Waals surface area contributed by atoms with Crippen molar-refractivity contribution in [2.75, 3.05) is 0 Å². The number of amides is 2. The van der Waals surface area contributed by atoms with Crippen molar-refractivity contribution in [3.63, 3.8) is 0 Å². The smallest absolute Gasteiger partial charge is 0.251 e. The van der Waals surface area contributed by atoms with E-state index >= 15 is 0 Å². The van der Waals surface area contributed by atoms with Crippen molar-refractivity contribution in [1.29, 1.82) is 0 Å². The van der Waals surface area contributed by atoms with E-state index in [2.05, 4.69) is 15.7 Å². The SMILES string of the molecule is CC(C)C(=O)NCc1cnn(-c2ccc(C(=O)N[C@@H](C)c3ccc(F)cc3)cc2)c1. The maximum atomic E-state index is 13.1. The summed E-state index contributed by atoms with van der Waals surface area (Å²) in [5.41, 5.74) is 3.04. The predicted octanol–water partition coefficient (Wildman–Crippen LogP) is 3.77. The Morgan fingerprint density at radius 1 is 1.03 bits per heavy atom. The van der Waals surface area contributed by atoms with E-state index in [9.17, 15) is 14.0 Å². The van der Waals surface area contributed by atoms with Crippen LogP contribution in [0.15, 0.2) is 60.9 Å². The van der Waals surface area contributed by atoms with Crippen molar-refractivity contribution in [3.8, 4) is 5.69 Å². The summed E-state index contributed by atoms with van der Waals surface area (Å²) in [6.07, 6.45) is 3.54. The third-order valence-corrected chi connectivity index (χ3v) is 4.74. The van der Waals surface area contributed by atoms with E-state index < -0.39 is 0 Å². The summed E-state index contributed by atoms with van der Waals surface area (Å²) in [7, 11) is 0. The van der Waals surface area contributed by atoms with Gasteiger partial charge in [-0.1, -0.05) is 26.0 Å². The summed E-state index contributed by atoms with van der Waals surface area (Å²) < 4.78 is 14.7. The molecule has 1 aromatic heterocycles. The van der Waals surface area contributed by atoms with E-state index in [0.717, 1.165) is 16.8 Å². The Morgan fingerprint density at radius 2 is 1.70 bits per heavy atom. The first-order valence-corrected chi connectivity index (χ1v) is 9.81. The second-order valence-corrected chi connectivity index (χ2v) is 7.46. The van der Waals surface area contributed by atoms with E-state index in [1.54, 1.807) is 47.3 Å². The molecule has 2 N–H and O–H groups in total. The zero-order valence-corrected chi connectivity index (χ0v) is 17.2. The van der Waals surface area contributed by atoms with E-state index in [-0.39, 0.29) is 29.6 Å². The molecule has 0 bridgehead atoms. The Bertz CT molecular complexity index is 1010. The van der Waals surface area contributed by atoms with Crippen LogP contribution in [0.25, 0.3) is 5.69 Å². The lowest BCUT2D eigenvalue weighted by molar-refractivity contribution is -0.124. The van der Waals surface area contributed by atoms with Crippen molar-refractivity contribution in [2.24, 2.45) is 5.92 Å². The number of hydrogen-bond acceptors (Lipinski definition) is 3. The van der Waals surface area contributed by atoms with Crippen molar-refractivity contribution < 1.29 is 14.0 Å². The van der Waals surface area contributed by atoms with Crippen LogP contribution >= 0.6 is 0 Å². The number of halogens is 1. The van der Waals surface area contributed by atoms with Crippen molar-refractivity contribution in [2.45, 2.75) is 33.4 Å². The molecule has 1 heterocycles. The summed E-state index contributed by atoms with van der Waals surface area (Å²) in [4.78, 5) is 24.2. The largest absolute Gasteiger partial charge is 0.352 e. The third kappa shape index (κ3) is 5.31. The predicted molar refractivity (Wildman–Crippen MR) is 113 cm³/mol. The molecular weight excluding hydrogens is 383 g/mol. The van der Waals surface area contributed by atoms with Gasteiger partial charge in [0.25, 0.3) is 5.91 Å². The molecule has 0 radical (unpaired) electrons. The second-order valence-electron chi connectivity index (χ2n) is 7.46. The minimum Gasteiger partial charge on any atom is -0.352 e. The van der Waals surface area contributed by atoms with Crippen LogP contribution in [-0.4, -0.2) is 21.6 Å². The molecule has 0 aliphatic heterocycles. The number of carbonyl (C=O) groups is 2. The first-order chi connectivity index (χ1) is 14.3. The summed E-state index contributed by atoms with van der Waals surface area (Å²) in [5.74, 6) is -0.592. The highest BCUT2D eigenvalue weighted by Crippen LogP contribution is 2.15. The van der Waals surface area contributed by atoms with Gasteiger partial charge >= 0.3 is 0 Å². The summed E-state index contributed by atoms with van der Waals surface area (Å²) in [5, 5.41) is 10.1. The quantitative estimate of drug-likeness (QED) is 0.625. The molecule has 3 rings (SSSR count).